The first-order valence-electron chi connectivity index (χ1n) is 7.00. The molecule has 0 fully saturated rings. The lowest BCUT2D eigenvalue weighted by Crippen LogP contribution is -2.14. The number of anilines is 2. The molecule has 0 radical (unpaired) electrons. The monoisotopic (exact) mass is 388 g/mol. The van der Waals surface area contributed by atoms with E-state index in [1.54, 1.807) is 12.1 Å². The molecule has 0 saturated heterocycles. The summed E-state index contributed by atoms with van der Waals surface area (Å²) in [6.07, 6.45) is 1.81. The molecule has 2 aromatic rings. The van der Waals surface area contributed by atoms with Gasteiger partial charge in [0, 0.05) is 0 Å². The van der Waals surface area contributed by atoms with E-state index in [2.05, 4.69) is 9.44 Å². The van der Waals surface area contributed by atoms with Gasteiger partial charge in [0.25, 0.3) is 10.0 Å². The number of hydrogen-bond acceptors (Lipinski definition) is 4. The molecule has 0 bridgehead atoms. The van der Waals surface area contributed by atoms with Crippen LogP contribution in [0.25, 0.3) is 0 Å². The van der Waals surface area contributed by atoms with E-state index in [1.165, 1.54) is 30.3 Å². The lowest BCUT2D eigenvalue weighted by Gasteiger charge is -2.12. The third kappa shape index (κ3) is 4.86. The standard InChI is InChI=1S/C15H17ClN2O4S2/c1-3-11-4-7-13(8-5-11)24(21,22)18-15-10-12(6-9-14(15)16)17-23(2,19)20/h4-10,17-18H,3H2,1-2H3. The van der Waals surface area contributed by atoms with Crippen molar-refractivity contribution in [2.75, 3.05) is 15.7 Å². The summed E-state index contributed by atoms with van der Waals surface area (Å²) in [5.74, 6) is 0. The van der Waals surface area contributed by atoms with Crippen molar-refractivity contribution in [2.24, 2.45) is 0 Å². The molecule has 0 aliphatic rings. The van der Waals surface area contributed by atoms with E-state index in [0.29, 0.717) is 0 Å². The molecule has 24 heavy (non-hydrogen) atoms. The summed E-state index contributed by atoms with van der Waals surface area (Å²) in [5.41, 5.74) is 1.32. The molecule has 0 saturated carbocycles. The molecule has 2 N–H and O–H groups in total. The summed E-state index contributed by atoms with van der Waals surface area (Å²) in [6.45, 7) is 1.97. The Kier molecular flexibility index (Phi) is 5.42. The van der Waals surface area contributed by atoms with Gasteiger partial charge in [-0.25, -0.2) is 16.8 Å². The Balaban J connectivity index is 2.32. The third-order valence-electron chi connectivity index (χ3n) is 3.16. The van der Waals surface area contributed by atoms with Gasteiger partial charge >= 0.3 is 0 Å². The maximum absolute atomic E-state index is 12.4. The molecule has 0 spiro atoms. The molecule has 0 unspecified atom stereocenters. The van der Waals surface area contributed by atoms with Crippen LogP contribution >= 0.6 is 11.6 Å². The molecule has 0 atom stereocenters. The summed E-state index contributed by atoms with van der Waals surface area (Å²) < 4.78 is 52.1. The fourth-order valence-corrected chi connectivity index (χ4v) is 3.84. The van der Waals surface area contributed by atoms with Crippen LogP contribution in [0.15, 0.2) is 47.4 Å². The zero-order chi connectivity index (χ0) is 18.0. The van der Waals surface area contributed by atoms with Crippen LogP contribution in [0, 0.1) is 0 Å². The van der Waals surface area contributed by atoms with Crippen LogP contribution in [-0.4, -0.2) is 23.1 Å². The lowest BCUT2D eigenvalue weighted by molar-refractivity contribution is 0.601. The van der Waals surface area contributed by atoms with Gasteiger partial charge in [-0.05, 0) is 42.3 Å². The maximum atomic E-state index is 12.4. The molecule has 2 aromatic carbocycles. The predicted molar refractivity (Wildman–Crippen MR) is 96.5 cm³/mol. The highest BCUT2D eigenvalue weighted by molar-refractivity contribution is 7.92. The number of sulfonamides is 2. The number of benzene rings is 2. The van der Waals surface area contributed by atoms with E-state index in [0.717, 1.165) is 18.2 Å². The van der Waals surface area contributed by atoms with Gasteiger partial charge in [0.05, 0.1) is 27.5 Å². The van der Waals surface area contributed by atoms with Crippen molar-refractivity contribution in [1.29, 1.82) is 0 Å². The second-order valence-corrected chi connectivity index (χ2v) is 9.01. The molecule has 0 heterocycles. The van der Waals surface area contributed by atoms with E-state index in [-0.39, 0.29) is 21.3 Å². The zero-order valence-electron chi connectivity index (χ0n) is 13.1. The minimum atomic E-state index is -3.83. The maximum Gasteiger partial charge on any atom is 0.261 e. The summed E-state index contributed by atoms with van der Waals surface area (Å²) in [4.78, 5) is 0.0947. The molecule has 2 rings (SSSR count). The smallest absolute Gasteiger partial charge is 0.261 e. The van der Waals surface area contributed by atoms with Gasteiger partial charge in [-0.3, -0.25) is 9.44 Å². The summed E-state index contributed by atoms with van der Waals surface area (Å²) >= 11 is 6.00. The number of hydrogen-bond donors (Lipinski definition) is 2. The Morgan fingerprint density at radius 3 is 2.12 bits per heavy atom. The highest BCUT2D eigenvalue weighted by Crippen LogP contribution is 2.28. The molecule has 6 nitrogen and oxygen atoms in total. The quantitative estimate of drug-likeness (QED) is 0.795. The number of nitrogens with one attached hydrogen (secondary N) is 2. The van der Waals surface area contributed by atoms with E-state index >= 15 is 0 Å². The third-order valence-corrected chi connectivity index (χ3v) is 5.47. The highest BCUT2D eigenvalue weighted by Gasteiger charge is 2.16. The largest absolute Gasteiger partial charge is 0.284 e. The van der Waals surface area contributed by atoms with Crippen molar-refractivity contribution in [3.8, 4) is 0 Å². The molecule has 130 valence electrons. The SMILES string of the molecule is CCc1ccc(S(=O)(=O)Nc2cc(NS(C)(=O)=O)ccc2Cl)cc1. The fourth-order valence-electron chi connectivity index (χ4n) is 1.99. The molecule has 0 aliphatic carbocycles. The first-order chi connectivity index (χ1) is 11.1. The second kappa shape index (κ2) is 7.00. The van der Waals surface area contributed by atoms with E-state index < -0.39 is 20.0 Å². The topological polar surface area (TPSA) is 92.3 Å². The number of halogens is 1. The Morgan fingerprint density at radius 2 is 1.58 bits per heavy atom. The minimum Gasteiger partial charge on any atom is -0.284 e. The van der Waals surface area contributed by atoms with Gasteiger partial charge in [0.15, 0.2) is 0 Å². The second-order valence-electron chi connectivity index (χ2n) is 5.17. The van der Waals surface area contributed by atoms with Crippen molar-refractivity contribution >= 4 is 43.0 Å². The van der Waals surface area contributed by atoms with Crippen LogP contribution in [-0.2, 0) is 26.5 Å². The molecular weight excluding hydrogens is 372 g/mol. The summed E-state index contributed by atoms with van der Waals surface area (Å²) in [6, 6.07) is 10.7. The van der Waals surface area contributed by atoms with Crippen molar-refractivity contribution in [1.82, 2.24) is 0 Å². The van der Waals surface area contributed by atoms with Crippen molar-refractivity contribution in [2.45, 2.75) is 18.2 Å². The molecule has 9 heteroatoms. The van der Waals surface area contributed by atoms with E-state index in [9.17, 15) is 16.8 Å². The molecular formula is C15H17ClN2O4S2. The number of rotatable bonds is 6. The first kappa shape index (κ1) is 18.6. The Bertz CT molecular complexity index is 940. The van der Waals surface area contributed by atoms with Gasteiger partial charge in [0.1, 0.15) is 0 Å². The van der Waals surface area contributed by atoms with E-state index in [1.807, 2.05) is 6.92 Å². The molecule has 0 aliphatic heterocycles. The normalized spacial score (nSPS) is 12.0. The first-order valence-corrected chi connectivity index (χ1v) is 10.7. The van der Waals surface area contributed by atoms with Gasteiger partial charge in [-0.1, -0.05) is 30.7 Å². The highest BCUT2D eigenvalue weighted by atomic mass is 35.5. The van der Waals surface area contributed by atoms with Crippen LogP contribution < -0.4 is 9.44 Å². The van der Waals surface area contributed by atoms with Crippen molar-refractivity contribution < 1.29 is 16.8 Å². The Labute approximate surface area is 147 Å². The average molecular weight is 389 g/mol. The summed E-state index contributed by atoms with van der Waals surface area (Å²) in [5, 5.41) is 0.155. The van der Waals surface area contributed by atoms with Gasteiger partial charge in [-0.2, -0.15) is 0 Å². The fraction of sp³-hybridized carbons (Fsp3) is 0.200. The predicted octanol–water partition coefficient (Wildman–Crippen LogP) is 3.07. The minimum absolute atomic E-state index is 0.0879. The van der Waals surface area contributed by atoms with Gasteiger partial charge < -0.3 is 0 Å². The van der Waals surface area contributed by atoms with Crippen molar-refractivity contribution in [3.63, 3.8) is 0 Å². The molecule has 0 amide bonds. The van der Waals surface area contributed by atoms with Crippen LogP contribution in [0.2, 0.25) is 5.02 Å². The Hall–Kier alpha value is -1.77. The van der Waals surface area contributed by atoms with Gasteiger partial charge in [0.2, 0.25) is 10.0 Å². The summed E-state index contributed by atoms with van der Waals surface area (Å²) in [7, 11) is -7.31. The van der Waals surface area contributed by atoms with Crippen molar-refractivity contribution in [3.05, 3.63) is 53.1 Å². The Morgan fingerprint density at radius 1 is 0.958 bits per heavy atom. The number of aryl methyl sites for hydroxylation is 1. The van der Waals surface area contributed by atoms with Crippen LogP contribution in [0.4, 0.5) is 11.4 Å². The van der Waals surface area contributed by atoms with Gasteiger partial charge in [-0.15, -0.1) is 0 Å². The lowest BCUT2D eigenvalue weighted by atomic mass is 10.2. The van der Waals surface area contributed by atoms with Crippen LogP contribution in [0.5, 0.6) is 0 Å². The van der Waals surface area contributed by atoms with Crippen LogP contribution in [0.3, 0.4) is 0 Å². The van der Waals surface area contributed by atoms with E-state index in [4.69, 9.17) is 11.6 Å². The van der Waals surface area contributed by atoms with Crippen LogP contribution in [0.1, 0.15) is 12.5 Å². The molecule has 0 aromatic heterocycles. The zero-order valence-corrected chi connectivity index (χ0v) is 15.5. The average Bonchev–Trinajstić information content (AvgIpc) is 2.49.